The van der Waals surface area contributed by atoms with E-state index in [1.165, 1.54) is 43.1 Å². The molecule has 0 unspecified atom stereocenters. The molecule has 4 heteroatoms. The number of rotatable bonds is 4. The van der Waals surface area contributed by atoms with E-state index in [-0.39, 0.29) is 0 Å². The van der Waals surface area contributed by atoms with Gasteiger partial charge in [-0.1, -0.05) is 146 Å². The lowest BCUT2D eigenvalue weighted by atomic mass is 9.92. The molecule has 0 amide bonds. The molecular weight excluding hydrogens is 597 g/mol. The van der Waals surface area contributed by atoms with Crippen molar-refractivity contribution in [2.45, 2.75) is 0 Å². The normalized spacial score (nSPS) is 11.7. The van der Waals surface area contributed by atoms with E-state index < -0.39 is 0 Å². The molecule has 0 aliphatic carbocycles. The van der Waals surface area contributed by atoms with E-state index in [1.807, 2.05) is 30.3 Å². The summed E-state index contributed by atoms with van der Waals surface area (Å²) in [4.78, 5) is 15.3. The number of hydrogen-bond donors (Lipinski definition) is 0. The van der Waals surface area contributed by atoms with Gasteiger partial charge in [0.1, 0.15) is 0 Å². The molecule has 0 saturated heterocycles. The lowest BCUT2D eigenvalue weighted by Gasteiger charge is -2.13. The van der Waals surface area contributed by atoms with Crippen molar-refractivity contribution in [1.82, 2.24) is 19.5 Å². The predicted molar refractivity (Wildman–Crippen MR) is 203 cm³/mol. The molecular formula is C45H28N4. The van der Waals surface area contributed by atoms with E-state index in [9.17, 15) is 0 Å². The summed E-state index contributed by atoms with van der Waals surface area (Å²) in [5, 5.41) is 9.92. The molecule has 0 aliphatic rings. The quantitative estimate of drug-likeness (QED) is 0.183. The zero-order valence-corrected chi connectivity index (χ0v) is 26.5. The van der Waals surface area contributed by atoms with Crippen molar-refractivity contribution in [1.29, 1.82) is 0 Å². The minimum absolute atomic E-state index is 0.593. The third-order valence-corrected chi connectivity index (χ3v) is 9.63. The Hall–Kier alpha value is -6.65. The van der Waals surface area contributed by atoms with Crippen molar-refractivity contribution in [2.75, 3.05) is 0 Å². The number of para-hydroxylation sites is 2. The zero-order valence-electron chi connectivity index (χ0n) is 26.5. The van der Waals surface area contributed by atoms with Crippen LogP contribution in [0.15, 0.2) is 170 Å². The predicted octanol–water partition coefficient (Wildman–Crippen LogP) is 11.4. The summed E-state index contributed by atoms with van der Waals surface area (Å²) in [5.74, 6) is 1.86. The second kappa shape index (κ2) is 11.0. The van der Waals surface area contributed by atoms with Crippen LogP contribution in [-0.2, 0) is 0 Å². The average Bonchev–Trinajstić information content (AvgIpc) is 3.52. The fourth-order valence-electron chi connectivity index (χ4n) is 7.37. The highest BCUT2D eigenvalue weighted by Gasteiger charge is 2.18. The molecule has 8 aromatic carbocycles. The summed E-state index contributed by atoms with van der Waals surface area (Å²) in [6.45, 7) is 0. The van der Waals surface area contributed by atoms with Gasteiger partial charge in [-0.2, -0.15) is 9.97 Å². The monoisotopic (exact) mass is 624 g/mol. The van der Waals surface area contributed by atoms with Gasteiger partial charge >= 0.3 is 0 Å². The van der Waals surface area contributed by atoms with Crippen molar-refractivity contribution in [3.05, 3.63) is 170 Å². The minimum atomic E-state index is 0.593. The van der Waals surface area contributed by atoms with Crippen LogP contribution in [0.4, 0.5) is 0 Å². The molecule has 2 aromatic heterocycles. The Kier molecular flexibility index (Phi) is 6.15. The Bertz CT molecular complexity index is 2800. The molecule has 49 heavy (non-hydrogen) atoms. The average molecular weight is 625 g/mol. The molecule has 0 fully saturated rings. The van der Waals surface area contributed by atoms with Crippen LogP contribution in [0.1, 0.15) is 0 Å². The molecule has 228 valence electrons. The summed E-state index contributed by atoms with van der Waals surface area (Å²) in [6, 6.07) is 59.8. The first-order chi connectivity index (χ1) is 24.3. The molecule has 0 aliphatic heterocycles. The molecule has 0 bridgehead atoms. The minimum Gasteiger partial charge on any atom is -0.278 e. The smallest absolute Gasteiger partial charge is 0.238 e. The number of hydrogen-bond acceptors (Lipinski definition) is 3. The van der Waals surface area contributed by atoms with Crippen molar-refractivity contribution in [3.8, 4) is 39.9 Å². The molecule has 0 radical (unpaired) electrons. The van der Waals surface area contributed by atoms with Crippen LogP contribution in [0.3, 0.4) is 0 Å². The van der Waals surface area contributed by atoms with Crippen molar-refractivity contribution in [2.24, 2.45) is 0 Å². The first-order valence-corrected chi connectivity index (χ1v) is 16.5. The Balaban J connectivity index is 1.17. The molecule has 0 N–H and O–H groups in total. The maximum Gasteiger partial charge on any atom is 0.238 e. The molecule has 10 rings (SSSR count). The standard InChI is InChI=1S/C45H28N4/c1-2-13-29(14-3-1)43-46-44(48-45(47-43)49-41-23-10-8-21-38(41)39-22-9-11-24-42(39)49)32-16-12-15-30(27-32)31-25-26-37-35-19-5-4-17-33(35)34-18-6-7-20-36(34)40(37)28-31/h1-28H. The van der Waals surface area contributed by atoms with Gasteiger partial charge in [-0.15, -0.1) is 0 Å². The van der Waals surface area contributed by atoms with Gasteiger partial charge in [-0.3, -0.25) is 4.57 Å². The van der Waals surface area contributed by atoms with Crippen molar-refractivity contribution in [3.63, 3.8) is 0 Å². The van der Waals surface area contributed by atoms with Gasteiger partial charge in [-0.05, 0) is 67.7 Å². The summed E-state index contributed by atoms with van der Waals surface area (Å²) in [5.41, 5.74) is 6.25. The molecule has 4 nitrogen and oxygen atoms in total. The van der Waals surface area contributed by atoms with Gasteiger partial charge in [0.05, 0.1) is 11.0 Å². The largest absolute Gasteiger partial charge is 0.278 e. The molecule has 2 heterocycles. The lowest BCUT2D eigenvalue weighted by Crippen LogP contribution is -2.06. The second-order valence-corrected chi connectivity index (χ2v) is 12.5. The lowest BCUT2D eigenvalue weighted by molar-refractivity contribution is 0.953. The Morgan fingerprint density at radius 1 is 0.286 bits per heavy atom. The van der Waals surface area contributed by atoms with Crippen molar-refractivity contribution >= 4 is 54.1 Å². The molecule has 0 spiro atoms. The van der Waals surface area contributed by atoms with Gasteiger partial charge in [0, 0.05) is 21.9 Å². The third-order valence-electron chi connectivity index (χ3n) is 9.63. The topological polar surface area (TPSA) is 43.6 Å². The Morgan fingerprint density at radius 2 is 0.735 bits per heavy atom. The van der Waals surface area contributed by atoms with Crippen LogP contribution < -0.4 is 0 Å². The highest BCUT2D eigenvalue weighted by Crippen LogP contribution is 2.38. The van der Waals surface area contributed by atoms with Crippen LogP contribution in [0.2, 0.25) is 0 Å². The number of nitrogens with zero attached hydrogens (tertiary/aromatic N) is 4. The third kappa shape index (κ3) is 4.42. The summed E-state index contributed by atoms with van der Waals surface area (Å²) >= 11 is 0. The van der Waals surface area contributed by atoms with Crippen LogP contribution >= 0.6 is 0 Å². The highest BCUT2D eigenvalue weighted by atomic mass is 15.2. The van der Waals surface area contributed by atoms with E-state index in [0.717, 1.165) is 33.3 Å². The van der Waals surface area contributed by atoms with E-state index >= 15 is 0 Å². The number of benzene rings is 8. The molecule has 10 aromatic rings. The maximum atomic E-state index is 5.17. The maximum absolute atomic E-state index is 5.17. The van der Waals surface area contributed by atoms with Crippen LogP contribution in [-0.4, -0.2) is 19.5 Å². The van der Waals surface area contributed by atoms with Gasteiger partial charge in [-0.25, -0.2) is 4.98 Å². The van der Waals surface area contributed by atoms with E-state index in [0.29, 0.717) is 17.6 Å². The molecule has 0 atom stereocenters. The second-order valence-electron chi connectivity index (χ2n) is 12.5. The summed E-state index contributed by atoms with van der Waals surface area (Å²) < 4.78 is 2.16. The van der Waals surface area contributed by atoms with Crippen LogP contribution in [0.25, 0.3) is 94.0 Å². The van der Waals surface area contributed by atoms with Gasteiger partial charge in [0.15, 0.2) is 11.6 Å². The fraction of sp³-hybridized carbons (Fsp3) is 0. The van der Waals surface area contributed by atoms with Gasteiger partial charge in [0.25, 0.3) is 0 Å². The Labute approximate surface area is 282 Å². The molecule has 0 saturated carbocycles. The fourth-order valence-corrected chi connectivity index (χ4v) is 7.37. The van der Waals surface area contributed by atoms with Gasteiger partial charge < -0.3 is 0 Å². The van der Waals surface area contributed by atoms with Crippen molar-refractivity contribution < 1.29 is 0 Å². The first kappa shape index (κ1) is 27.5. The van der Waals surface area contributed by atoms with E-state index in [4.69, 9.17) is 15.0 Å². The van der Waals surface area contributed by atoms with E-state index in [1.54, 1.807) is 0 Å². The highest BCUT2D eigenvalue weighted by molar-refractivity contribution is 6.25. The number of aromatic nitrogens is 4. The summed E-state index contributed by atoms with van der Waals surface area (Å²) in [6.07, 6.45) is 0. The first-order valence-electron chi connectivity index (χ1n) is 16.5. The summed E-state index contributed by atoms with van der Waals surface area (Å²) in [7, 11) is 0. The van der Waals surface area contributed by atoms with Crippen LogP contribution in [0.5, 0.6) is 0 Å². The SMILES string of the molecule is c1ccc(-c2nc(-c3cccc(-c4ccc5c6ccccc6c6ccccc6c5c4)c3)nc(-n3c4ccccc4c4ccccc43)n2)cc1. The van der Waals surface area contributed by atoms with E-state index in [2.05, 4.69) is 144 Å². The number of fused-ring (bicyclic) bond motifs is 9. The Morgan fingerprint density at radius 3 is 1.37 bits per heavy atom. The van der Waals surface area contributed by atoms with Crippen LogP contribution in [0, 0.1) is 0 Å². The zero-order chi connectivity index (χ0) is 32.3. The van der Waals surface area contributed by atoms with Gasteiger partial charge in [0.2, 0.25) is 5.95 Å².